The van der Waals surface area contributed by atoms with Crippen molar-refractivity contribution in [1.82, 2.24) is 5.32 Å². The van der Waals surface area contributed by atoms with Gasteiger partial charge in [-0.3, -0.25) is 0 Å². The predicted octanol–water partition coefficient (Wildman–Crippen LogP) is -0.289. The van der Waals surface area contributed by atoms with Crippen LogP contribution >= 0.6 is 0 Å². The van der Waals surface area contributed by atoms with Crippen LogP contribution in [0.1, 0.15) is 20.8 Å². The first-order valence-corrected chi connectivity index (χ1v) is 4.73. The molecule has 4 heteroatoms. The molecule has 0 amide bonds. The molecule has 1 atom stereocenters. The van der Waals surface area contributed by atoms with Gasteiger partial charge in [0.25, 0.3) is 0 Å². The van der Waals surface area contributed by atoms with Gasteiger partial charge < -0.3 is 20.9 Å². The van der Waals surface area contributed by atoms with Gasteiger partial charge >= 0.3 is 0 Å². The summed E-state index contributed by atoms with van der Waals surface area (Å²) in [6.45, 7) is 7.91. The fraction of sp³-hybridized carbons (Fsp3) is 1.00. The van der Waals surface area contributed by atoms with E-state index in [1.165, 1.54) is 0 Å². The van der Waals surface area contributed by atoms with E-state index in [2.05, 4.69) is 5.32 Å². The van der Waals surface area contributed by atoms with Crippen LogP contribution in [-0.2, 0) is 4.74 Å². The highest BCUT2D eigenvalue weighted by Crippen LogP contribution is 2.13. The molecule has 0 aliphatic rings. The molecule has 0 aromatic rings. The molecule has 13 heavy (non-hydrogen) atoms. The summed E-state index contributed by atoms with van der Waals surface area (Å²) in [5.74, 6) is 0. The number of nitrogens with two attached hydrogens (primary N) is 1. The third-order valence-electron chi connectivity index (χ3n) is 2.20. The van der Waals surface area contributed by atoms with Gasteiger partial charge in [0.2, 0.25) is 0 Å². The van der Waals surface area contributed by atoms with E-state index in [0.717, 1.165) is 0 Å². The zero-order chi connectivity index (χ0) is 10.3. The molecule has 0 saturated heterocycles. The van der Waals surface area contributed by atoms with Gasteiger partial charge in [0.1, 0.15) is 0 Å². The monoisotopic (exact) mass is 190 g/mol. The molecule has 0 saturated carbocycles. The zero-order valence-electron chi connectivity index (χ0n) is 8.84. The third-order valence-corrected chi connectivity index (χ3v) is 2.20. The highest BCUT2D eigenvalue weighted by atomic mass is 16.5. The van der Waals surface area contributed by atoms with Crippen molar-refractivity contribution in [2.45, 2.75) is 32.4 Å². The molecule has 0 aliphatic carbocycles. The van der Waals surface area contributed by atoms with Crippen LogP contribution in [0.15, 0.2) is 0 Å². The second-order valence-corrected chi connectivity index (χ2v) is 3.64. The SMILES string of the molecule is CC(NCCO)C(C)(C)OCCN. The number of nitrogens with one attached hydrogen (secondary N) is 1. The Morgan fingerprint density at radius 1 is 1.54 bits per heavy atom. The van der Waals surface area contributed by atoms with Crippen molar-refractivity contribution in [3.63, 3.8) is 0 Å². The lowest BCUT2D eigenvalue weighted by atomic mass is 10.0. The fourth-order valence-electron chi connectivity index (χ4n) is 0.974. The summed E-state index contributed by atoms with van der Waals surface area (Å²) in [5.41, 5.74) is 5.11. The lowest BCUT2D eigenvalue weighted by molar-refractivity contribution is -0.0368. The second-order valence-electron chi connectivity index (χ2n) is 3.64. The Bertz CT molecular complexity index is 129. The summed E-state index contributed by atoms with van der Waals surface area (Å²) < 4.78 is 5.57. The number of ether oxygens (including phenoxy) is 1. The summed E-state index contributed by atoms with van der Waals surface area (Å²) in [5, 5.41) is 11.8. The molecular weight excluding hydrogens is 168 g/mol. The Morgan fingerprint density at radius 3 is 2.62 bits per heavy atom. The molecular formula is C9H22N2O2. The van der Waals surface area contributed by atoms with E-state index in [9.17, 15) is 0 Å². The molecule has 0 radical (unpaired) electrons. The maximum atomic E-state index is 8.63. The van der Waals surface area contributed by atoms with Crippen molar-refractivity contribution in [3.05, 3.63) is 0 Å². The summed E-state index contributed by atoms with van der Waals surface area (Å²) in [6, 6.07) is 0.200. The van der Waals surface area contributed by atoms with E-state index < -0.39 is 0 Å². The van der Waals surface area contributed by atoms with Crippen molar-refractivity contribution in [2.24, 2.45) is 5.73 Å². The quantitative estimate of drug-likeness (QED) is 0.516. The van der Waals surface area contributed by atoms with Crippen molar-refractivity contribution in [2.75, 3.05) is 26.3 Å². The van der Waals surface area contributed by atoms with Crippen LogP contribution < -0.4 is 11.1 Å². The summed E-state index contributed by atoms with van der Waals surface area (Å²) in [4.78, 5) is 0. The molecule has 0 aliphatic heterocycles. The van der Waals surface area contributed by atoms with Gasteiger partial charge in [-0.05, 0) is 20.8 Å². The minimum absolute atomic E-state index is 0.150. The average molecular weight is 190 g/mol. The van der Waals surface area contributed by atoms with E-state index in [0.29, 0.717) is 19.7 Å². The minimum Gasteiger partial charge on any atom is -0.395 e. The molecule has 0 aromatic heterocycles. The first-order valence-electron chi connectivity index (χ1n) is 4.73. The van der Waals surface area contributed by atoms with E-state index in [1.807, 2.05) is 20.8 Å². The summed E-state index contributed by atoms with van der Waals surface area (Å²) in [7, 11) is 0. The number of aliphatic hydroxyl groups is 1. The first-order chi connectivity index (χ1) is 6.04. The molecule has 0 rings (SSSR count). The lowest BCUT2D eigenvalue weighted by Gasteiger charge is -2.32. The Hall–Kier alpha value is -0.160. The van der Waals surface area contributed by atoms with Crippen molar-refractivity contribution in [3.8, 4) is 0 Å². The number of aliphatic hydroxyl groups excluding tert-OH is 1. The number of rotatable bonds is 7. The Morgan fingerprint density at radius 2 is 2.15 bits per heavy atom. The summed E-state index contributed by atoms with van der Waals surface area (Å²) in [6.07, 6.45) is 0. The molecule has 0 aromatic carbocycles. The number of hydrogen-bond donors (Lipinski definition) is 3. The van der Waals surface area contributed by atoms with Crippen LogP contribution in [0.5, 0.6) is 0 Å². The van der Waals surface area contributed by atoms with Gasteiger partial charge in [-0.15, -0.1) is 0 Å². The summed E-state index contributed by atoms with van der Waals surface area (Å²) >= 11 is 0. The maximum Gasteiger partial charge on any atom is 0.0776 e. The Kier molecular flexibility index (Phi) is 6.24. The van der Waals surface area contributed by atoms with Gasteiger partial charge in [0.05, 0.1) is 18.8 Å². The average Bonchev–Trinajstić information content (AvgIpc) is 2.10. The van der Waals surface area contributed by atoms with Gasteiger partial charge in [-0.25, -0.2) is 0 Å². The topological polar surface area (TPSA) is 67.5 Å². The van der Waals surface area contributed by atoms with Crippen LogP contribution in [0.2, 0.25) is 0 Å². The standard InChI is InChI=1S/C9H22N2O2/c1-8(11-5-6-12)9(2,3)13-7-4-10/h8,11-12H,4-7,10H2,1-3H3. The van der Waals surface area contributed by atoms with E-state index in [-0.39, 0.29) is 18.2 Å². The van der Waals surface area contributed by atoms with Crippen molar-refractivity contribution in [1.29, 1.82) is 0 Å². The maximum absolute atomic E-state index is 8.63. The van der Waals surface area contributed by atoms with Crippen molar-refractivity contribution >= 4 is 0 Å². The van der Waals surface area contributed by atoms with Crippen molar-refractivity contribution < 1.29 is 9.84 Å². The van der Waals surface area contributed by atoms with Gasteiger partial charge in [0, 0.05) is 19.1 Å². The highest BCUT2D eigenvalue weighted by Gasteiger charge is 2.25. The predicted molar refractivity (Wildman–Crippen MR) is 53.6 cm³/mol. The highest BCUT2D eigenvalue weighted by molar-refractivity contribution is 4.81. The zero-order valence-corrected chi connectivity index (χ0v) is 8.84. The third kappa shape index (κ3) is 5.21. The molecule has 0 spiro atoms. The Labute approximate surface area is 80.5 Å². The van der Waals surface area contributed by atoms with Crippen LogP contribution in [0.3, 0.4) is 0 Å². The second kappa shape index (κ2) is 6.32. The van der Waals surface area contributed by atoms with E-state index in [1.54, 1.807) is 0 Å². The van der Waals surface area contributed by atoms with E-state index in [4.69, 9.17) is 15.6 Å². The normalized spacial score (nSPS) is 14.5. The molecule has 0 fully saturated rings. The van der Waals surface area contributed by atoms with Crippen LogP contribution in [-0.4, -0.2) is 43.1 Å². The molecule has 1 unspecified atom stereocenters. The Balaban J connectivity index is 3.80. The number of hydrogen-bond acceptors (Lipinski definition) is 4. The molecule has 4 nitrogen and oxygen atoms in total. The molecule has 80 valence electrons. The largest absolute Gasteiger partial charge is 0.395 e. The van der Waals surface area contributed by atoms with Crippen LogP contribution in [0.25, 0.3) is 0 Å². The van der Waals surface area contributed by atoms with Gasteiger partial charge in [-0.2, -0.15) is 0 Å². The lowest BCUT2D eigenvalue weighted by Crippen LogP contribution is -2.48. The first kappa shape index (κ1) is 12.8. The molecule has 0 heterocycles. The van der Waals surface area contributed by atoms with Crippen LogP contribution in [0.4, 0.5) is 0 Å². The van der Waals surface area contributed by atoms with E-state index >= 15 is 0 Å². The smallest absolute Gasteiger partial charge is 0.0776 e. The molecule has 4 N–H and O–H groups in total. The fourth-order valence-corrected chi connectivity index (χ4v) is 0.974. The van der Waals surface area contributed by atoms with Crippen LogP contribution in [0, 0.1) is 0 Å². The van der Waals surface area contributed by atoms with Gasteiger partial charge in [-0.1, -0.05) is 0 Å². The minimum atomic E-state index is -0.242. The van der Waals surface area contributed by atoms with Gasteiger partial charge in [0.15, 0.2) is 0 Å². The molecule has 0 bridgehead atoms.